The zero-order valence-corrected chi connectivity index (χ0v) is 22.6. The molecule has 2 aromatic rings. The molecular weight excluding hydrogens is 498 g/mol. The highest BCUT2D eigenvalue weighted by atomic mass is 32.2. The first-order chi connectivity index (χ1) is 17.0. The molecule has 0 spiro atoms. The number of aromatic nitrogens is 1. The Balaban J connectivity index is 1.51. The molecule has 5 rings (SSSR count). The molecule has 3 aliphatic carbocycles. The molecule has 8 nitrogen and oxygen atoms in total. The summed E-state index contributed by atoms with van der Waals surface area (Å²) < 4.78 is 28.7. The second-order valence-corrected chi connectivity index (χ2v) is 14.1. The van der Waals surface area contributed by atoms with Crippen molar-refractivity contribution < 1.29 is 23.4 Å². The fourth-order valence-corrected chi connectivity index (χ4v) is 8.58. The average molecular weight is 534 g/mol. The van der Waals surface area contributed by atoms with Gasteiger partial charge in [-0.1, -0.05) is 31.5 Å². The number of hydrogen-bond acceptors (Lipinski definition) is 7. The predicted molar refractivity (Wildman–Crippen MR) is 138 cm³/mol. The third-order valence-electron chi connectivity index (χ3n) is 8.78. The number of aliphatic hydroxyl groups is 2. The molecule has 0 aliphatic heterocycles. The van der Waals surface area contributed by atoms with Crippen molar-refractivity contribution in [1.82, 2.24) is 10.3 Å². The van der Waals surface area contributed by atoms with Crippen molar-refractivity contribution in [3.63, 3.8) is 0 Å². The van der Waals surface area contributed by atoms with Crippen molar-refractivity contribution in [1.29, 1.82) is 0 Å². The van der Waals surface area contributed by atoms with Gasteiger partial charge in [0, 0.05) is 28.7 Å². The number of nitrogens with zero attached hydrogens (tertiary/aromatic N) is 1. The molecule has 196 valence electrons. The van der Waals surface area contributed by atoms with Gasteiger partial charge in [-0.05, 0) is 62.5 Å². The van der Waals surface area contributed by atoms with Crippen molar-refractivity contribution >= 4 is 32.4 Å². The van der Waals surface area contributed by atoms with E-state index < -0.39 is 21.5 Å². The molecule has 0 saturated heterocycles. The number of rotatable bonds is 7. The van der Waals surface area contributed by atoms with Gasteiger partial charge >= 0.3 is 0 Å². The zero-order valence-electron chi connectivity index (χ0n) is 21.0. The van der Waals surface area contributed by atoms with E-state index in [0.29, 0.717) is 19.3 Å². The number of sulfonamides is 1. The van der Waals surface area contributed by atoms with Gasteiger partial charge in [-0.15, -0.1) is 11.3 Å². The van der Waals surface area contributed by atoms with Gasteiger partial charge in [-0.2, -0.15) is 0 Å². The summed E-state index contributed by atoms with van der Waals surface area (Å²) in [7, 11) is -3.82. The van der Waals surface area contributed by atoms with Gasteiger partial charge in [0.2, 0.25) is 5.91 Å². The fraction of sp³-hybridized carbons (Fsp3) is 0.615. The number of carbonyl (C=O) groups excluding carboxylic acids is 1. The first-order valence-corrected chi connectivity index (χ1v) is 14.9. The van der Waals surface area contributed by atoms with Crippen LogP contribution in [0.3, 0.4) is 0 Å². The molecule has 1 heterocycles. The van der Waals surface area contributed by atoms with Crippen LogP contribution in [0.25, 0.3) is 0 Å². The molecule has 0 radical (unpaired) electrons. The Morgan fingerprint density at radius 2 is 1.89 bits per heavy atom. The van der Waals surface area contributed by atoms with E-state index in [2.05, 4.69) is 17.0 Å². The molecule has 2 saturated carbocycles. The van der Waals surface area contributed by atoms with E-state index in [4.69, 9.17) is 4.98 Å². The highest BCUT2D eigenvalue weighted by Gasteiger charge is 2.59. The fourth-order valence-electron chi connectivity index (χ4n) is 6.28. The molecule has 36 heavy (non-hydrogen) atoms. The van der Waals surface area contributed by atoms with Crippen LogP contribution in [-0.4, -0.2) is 48.3 Å². The van der Waals surface area contributed by atoms with Crippen LogP contribution in [0.15, 0.2) is 29.2 Å². The lowest BCUT2D eigenvalue weighted by Gasteiger charge is -2.58. The molecule has 2 fully saturated rings. The van der Waals surface area contributed by atoms with Crippen LogP contribution in [0.4, 0.5) is 5.13 Å². The summed E-state index contributed by atoms with van der Waals surface area (Å²) in [5.41, 5.74) is 0.645. The van der Waals surface area contributed by atoms with Gasteiger partial charge in [0.1, 0.15) is 0 Å². The second-order valence-electron chi connectivity index (χ2n) is 11.3. The number of carbonyl (C=O) groups is 1. The number of aliphatic hydroxyl groups excluding tert-OH is 2. The number of aryl methyl sites for hydroxylation is 1. The number of hydrogen-bond donors (Lipinski definition) is 4. The summed E-state index contributed by atoms with van der Waals surface area (Å²) >= 11 is 1.29. The van der Waals surface area contributed by atoms with Crippen LogP contribution in [0.1, 0.15) is 68.0 Å². The minimum absolute atomic E-state index is 0.0260. The number of thiazole rings is 1. The first kappa shape index (κ1) is 25.6. The zero-order chi connectivity index (χ0) is 25.9. The Labute approximate surface area is 216 Å². The Morgan fingerprint density at radius 1 is 1.19 bits per heavy atom. The van der Waals surface area contributed by atoms with Gasteiger partial charge in [-0.3, -0.25) is 9.52 Å². The smallest absolute Gasteiger partial charge is 0.263 e. The van der Waals surface area contributed by atoms with E-state index in [1.807, 2.05) is 13.8 Å². The topological polar surface area (TPSA) is 129 Å². The van der Waals surface area contributed by atoms with E-state index in [0.717, 1.165) is 29.0 Å². The summed E-state index contributed by atoms with van der Waals surface area (Å²) in [6, 6.07) is 6.89. The maximum atomic E-state index is 13.0. The number of anilines is 1. The average Bonchev–Trinajstić information content (AvgIpc) is 3.55. The molecule has 1 aromatic heterocycles. The molecule has 1 aromatic carbocycles. The quantitative estimate of drug-likeness (QED) is 0.432. The predicted octanol–water partition coefficient (Wildman–Crippen LogP) is 3.34. The number of amides is 1. The van der Waals surface area contributed by atoms with Crippen LogP contribution in [0, 0.1) is 23.7 Å². The van der Waals surface area contributed by atoms with Gasteiger partial charge < -0.3 is 15.5 Å². The number of nitrogens with one attached hydrogen (secondary N) is 2. The van der Waals surface area contributed by atoms with Crippen molar-refractivity contribution in [2.24, 2.45) is 16.7 Å². The number of benzene rings is 1. The summed E-state index contributed by atoms with van der Waals surface area (Å²) in [4.78, 5) is 18.8. The maximum absolute atomic E-state index is 13.0. The summed E-state index contributed by atoms with van der Waals surface area (Å²) in [6.07, 6.45) is 3.42. The van der Waals surface area contributed by atoms with Crippen LogP contribution < -0.4 is 10.0 Å². The molecular formula is C26H35N3O5S2. The summed E-state index contributed by atoms with van der Waals surface area (Å²) in [6.45, 7) is 5.81. The lowest BCUT2D eigenvalue weighted by atomic mass is 9.47. The maximum Gasteiger partial charge on any atom is 0.263 e. The van der Waals surface area contributed by atoms with E-state index in [1.165, 1.54) is 11.3 Å². The highest BCUT2D eigenvalue weighted by Crippen LogP contribution is 2.62. The van der Waals surface area contributed by atoms with E-state index in [9.17, 15) is 23.4 Å². The SMILES string of the molecule is Cc1ccc(S(=O)(=O)Nc2nc3c(s2)CC2C(C)(CO)C(O)CCC2(C)C3CC(=O)NC2CC2)cc1. The van der Waals surface area contributed by atoms with Gasteiger partial charge in [0.15, 0.2) is 5.13 Å². The van der Waals surface area contributed by atoms with Crippen molar-refractivity contribution in [2.75, 3.05) is 11.3 Å². The monoisotopic (exact) mass is 533 g/mol. The van der Waals surface area contributed by atoms with E-state index in [-0.39, 0.29) is 52.3 Å². The third kappa shape index (κ3) is 4.46. The molecule has 5 unspecified atom stereocenters. The highest BCUT2D eigenvalue weighted by molar-refractivity contribution is 7.93. The standard InChI is InChI=1S/C26H35N3O5S2/c1-15-4-8-17(9-5-15)36(33,34)29-24-28-23-18(12-22(32)27-16-6-7-16)25(2)11-10-21(31)26(3,14-30)20(25)13-19(23)35-24/h4-5,8-9,16,18,20-21,30-31H,6-7,10-14H2,1-3H3,(H,27,32)(H,28,29). The van der Waals surface area contributed by atoms with Gasteiger partial charge in [-0.25, -0.2) is 13.4 Å². The molecule has 10 heteroatoms. The molecule has 1 amide bonds. The number of fused-ring (bicyclic) bond motifs is 2. The minimum atomic E-state index is -3.82. The molecule has 0 bridgehead atoms. The second kappa shape index (κ2) is 9.08. The van der Waals surface area contributed by atoms with Crippen LogP contribution in [-0.2, 0) is 21.2 Å². The van der Waals surface area contributed by atoms with Crippen molar-refractivity contribution in [3.8, 4) is 0 Å². The van der Waals surface area contributed by atoms with Gasteiger partial charge in [0.25, 0.3) is 10.0 Å². The largest absolute Gasteiger partial charge is 0.396 e. The Hall–Kier alpha value is -2.01. The summed E-state index contributed by atoms with van der Waals surface area (Å²) in [5, 5.41) is 24.6. The Morgan fingerprint density at radius 3 is 2.53 bits per heavy atom. The van der Waals surface area contributed by atoms with Crippen molar-refractivity contribution in [3.05, 3.63) is 40.4 Å². The Bertz CT molecular complexity index is 1260. The lowest BCUT2D eigenvalue weighted by Crippen LogP contribution is -2.57. The summed E-state index contributed by atoms with van der Waals surface area (Å²) in [5.74, 6) is -0.342. The third-order valence-corrected chi connectivity index (χ3v) is 11.3. The van der Waals surface area contributed by atoms with Gasteiger partial charge in [0.05, 0.1) is 23.3 Å². The van der Waals surface area contributed by atoms with E-state index >= 15 is 0 Å². The van der Waals surface area contributed by atoms with Crippen LogP contribution >= 0.6 is 11.3 Å². The lowest BCUT2D eigenvalue weighted by molar-refractivity contribution is -0.144. The van der Waals surface area contributed by atoms with Crippen LogP contribution in [0.5, 0.6) is 0 Å². The van der Waals surface area contributed by atoms with Crippen LogP contribution in [0.2, 0.25) is 0 Å². The molecule has 4 N–H and O–H groups in total. The first-order valence-electron chi connectivity index (χ1n) is 12.6. The molecule has 5 atom stereocenters. The van der Waals surface area contributed by atoms with Crippen molar-refractivity contribution in [2.45, 2.75) is 82.3 Å². The molecule has 3 aliphatic rings. The normalized spacial score (nSPS) is 31.9. The van der Waals surface area contributed by atoms with E-state index in [1.54, 1.807) is 24.3 Å². The Kier molecular flexibility index (Phi) is 6.46. The minimum Gasteiger partial charge on any atom is -0.396 e.